The van der Waals surface area contributed by atoms with Crippen molar-refractivity contribution in [3.8, 4) is 11.5 Å². The topological polar surface area (TPSA) is 107 Å². The Kier molecular flexibility index (Phi) is 4.46. The van der Waals surface area contributed by atoms with E-state index in [1.807, 2.05) is 0 Å². The molecule has 2 heterocycles. The zero-order valence-electron chi connectivity index (χ0n) is 13.9. The molecule has 1 aromatic carbocycles. The molecule has 0 spiro atoms. The van der Waals surface area contributed by atoms with Gasteiger partial charge in [-0.25, -0.2) is 0 Å². The van der Waals surface area contributed by atoms with E-state index in [0.717, 1.165) is 6.08 Å². The van der Waals surface area contributed by atoms with Crippen LogP contribution in [-0.2, 0) is 14.3 Å². The van der Waals surface area contributed by atoms with Crippen LogP contribution in [0.25, 0.3) is 16.7 Å². The summed E-state index contributed by atoms with van der Waals surface area (Å²) in [6, 6.07) is 2.87. The molecular weight excluding hydrogens is 393 g/mol. The van der Waals surface area contributed by atoms with Gasteiger partial charge in [0.1, 0.15) is 5.69 Å². The number of hydrogen-bond donors (Lipinski definition) is 2. The summed E-state index contributed by atoms with van der Waals surface area (Å²) in [7, 11) is -3.19. The molecule has 0 saturated heterocycles. The lowest BCUT2D eigenvalue weighted by atomic mass is 10.1. The zero-order valence-corrected chi connectivity index (χ0v) is 14.7. The number of nitrogens with one attached hydrogen (secondary N) is 2. The van der Waals surface area contributed by atoms with Crippen molar-refractivity contribution < 1.29 is 40.0 Å². The lowest BCUT2D eigenvalue weighted by Crippen LogP contribution is -2.25. The van der Waals surface area contributed by atoms with Crippen LogP contribution in [0, 0.1) is 0 Å². The number of halogens is 3. The van der Waals surface area contributed by atoms with Crippen molar-refractivity contribution in [2.75, 3.05) is 20.8 Å². The summed E-state index contributed by atoms with van der Waals surface area (Å²) in [5, 5.41) is 2.63. The number of aromatic nitrogens is 1. The average molecular weight is 406 g/mol. The Morgan fingerprint density at radius 3 is 2.33 bits per heavy atom. The lowest BCUT2D eigenvalue weighted by molar-refractivity contribution is -0.0509. The van der Waals surface area contributed by atoms with E-state index in [1.165, 1.54) is 26.4 Å². The fraction of sp³-hybridized carbons (Fsp3) is 0.267. The first kappa shape index (κ1) is 18.9. The molecule has 27 heavy (non-hydrogen) atoms. The van der Waals surface area contributed by atoms with Gasteiger partial charge in [0.15, 0.2) is 17.3 Å². The number of carbonyl (C=O) groups excluding carboxylic acids is 1. The van der Waals surface area contributed by atoms with E-state index in [4.69, 9.17) is 9.47 Å². The molecule has 12 heteroatoms. The Hall–Kier alpha value is -2.89. The maximum absolute atomic E-state index is 12.7. The molecule has 1 aromatic heterocycles. The quantitative estimate of drug-likeness (QED) is 0.595. The highest BCUT2D eigenvalue weighted by molar-refractivity contribution is 7.87. The minimum absolute atomic E-state index is 0.131. The van der Waals surface area contributed by atoms with Crippen molar-refractivity contribution in [1.82, 2.24) is 10.3 Å². The fourth-order valence-corrected chi connectivity index (χ4v) is 3.10. The molecule has 2 aromatic rings. The third-order valence-electron chi connectivity index (χ3n) is 3.81. The normalized spacial score (nSPS) is 14.9. The molecule has 1 aliphatic heterocycles. The van der Waals surface area contributed by atoms with Crippen molar-refractivity contribution in [3.05, 3.63) is 29.5 Å². The highest BCUT2D eigenvalue weighted by atomic mass is 32.2. The van der Waals surface area contributed by atoms with E-state index in [9.17, 15) is 26.4 Å². The smallest absolute Gasteiger partial charge is 0.493 e. The van der Waals surface area contributed by atoms with Crippen molar-refractivity contribution in [1.29, 1.82) is 0 Å². The summed E-state index contributed by atoms with van der Waals surface area (Å²) < 4.78 is 75.7. The third kappa shape index (κ3) is 3.16. The molecule has 8 nitrogen and oxygen atoms in total. The molecule has 0 bridgehead atoms. The van der Waals surface area contributed by atoms with E-state index in [2.05, 4.69) is 14.5 Å². The number of amides is 1. The van der Waals surface area contributed by atoms with E-state index >= 15 is 0 Å². The van der Waals surface area contributed by atoms with Gasteiger partial charge in [0.05, 0.1) is 25.3 Å². The molecule has 0 fully saturated rings. The second kappa shape index (κ2) is 6.37. The molecule has 146 valence electrons. The maximum Gasteiger partial charge on any atom is 0.534 e. The number of ether oxygens (including phenoxy) is 2. The number of fused-ring (bicyclic) bond motifs is 3. The number of methoxy groups -OCH3 is 2. The number of aromatic amines is 1. The van der Waals surface area contributed by atoms with Gasteiger partial charge >= 0.3 is 15.6 Å². The minimum Gasteiger partial charge on any atom is -0.493 e. The Morgan fingerprint density at radius 2 is 1.74 bits per heavy atom. The lowest BCUT2D eigenvalue weighted by Gasteiger charge is -2.12. The Balaban J connectivity index is 2.25. The van der Waals surface area contributed by atoms with Gasteiger partial charge in [-0.1, -0.05) is 0 Å². The summed E-state index contributed by atoms with van der Waals surface area (Å²) in [6.45, 7) is -0.223. The summed E-state index contributed by atoms with van der Waals surface area (Å²) in [6.07, 6.45) is 1.04. The predicted octanol–water partition coefficient (Wildman–Crippen LogP) is 2.14. The zero-order chi connectivity index (χ0) is 20.0. The highest BCUT2D eigenvalue weighted by Gasteiger charge is 2.49. The van der Waals surface area contributed by atoms with Crippen molar-refractivity contribution in [2.24, 2.45) is 0 Å². The van der Waals surface area contributed by atoms with Crippen LogP contribution in [0.3, 0.4) is 0 Å². The first-order valence-electron chi connectivity index (χ1n) is 7.36. The largest absolute Gasteiger partial charge is 0.534 e. The fourth-order valence-electron chi connectivity index (χ4n) is 2.62. The van der Waals surface area contributed by atoms with Gasteiger partial charge < -0.3 is 24.0 Å². The van der Waals surface area contributed by atoms with Crippen LogP contribution < -0.4 is 14.8 Å². The van der Waals surface area contributed by atoms with Crippen LogP contribution in [0.2, 0.25) is 0 Å². The molecule has 0 aliphatic carbocycles. The first-order valence-corrected chi connectivity index (χ1v) is 8.77. The predicted molar refractivity (Wildman–Crippen MR) is 87.8 cm³/mol. The average Bonchev–Trinajstić information content (AvgIpc) is 2.89. The van der Waals surface area contributed by atoms with Crippen LogP contribution in [0.5, 0.6) is 11.5 Å². The van der Waals surface area contributed by atoms with E-state index in [-0.39, 0.29) is 28.9 Å². The number of carbonyl (C=O) groups is 1. The summed E-state index contributed by atoms with van der Waals surface area (Å²) >= 11 is 0. The number of H-pyrrole nitrogens is 1. The Labute approximate surface area is 151 Å². The summed E-state index contributed by atoms with van der Waals surface area (Å²) in [4.78, 5) is 15.0. The molecule has 0 atom stereocenters. The molecule has 0 radical (unpaired) electrons. The third-order valence-corrected chi connectivity index (χ3v) is 4.78. The molecule has 2 N–H and O–H groups in total. The van der Waals surface area contributed by atoms with E-state index in [1.54, 1.807) is 0 Å². The van der Waals surface area contributed by atoms with Gasteiger partial charge in [-0.3, -0.25) is 4.79 Å². The van der Waals surface area contributed by atoms with Crippen molar-refractivity contribution >= 4 is 32.7 Å². The van der Waals surface area contributed by atoms with Crippen LogP contribution >= 0.6 is 0 Å². The monoisotopic (exact) mass is 406 g/mol. The number of alkyl halides is 3. The Morgan fingerprint density at radius 1 is 1.11 bits per heavy atom. The maximum atomic E-state index is 12.7. The standard InChI is InChI=1S/C15H13F3N2O6S/c1-24-10-5-7-8(6-11(10)25-2)20-13-12(7)9(3-4-19-14(13)21)26-27(22,23)15(16,17)18/h3,5-6,20H,4H2,1-2H3,(H,19,21). The molecule has 3 rings (SSSR count). The van der Waals surface area contributed by atoms with E-state index in [0.29, 0.717) is 11.3 Å². The van der Waals surface area contributed by atoms with Crippen LogP contribution in [0.1, 0.15) is 16.1 Å². The van der Waals surface area contributed by atoms with Crippen molar-refractivity contribution in [2.45, 2.75) is 5.51 Å². The minimum atomic E-state index is -5.93. The van der Waals surface area contributed by atoms with Crippen molar-refractivity contribution in [3.63, 3.8) is 0 Å². The highest BCUT2D eigenvalue weighted by Crippen LogP contribution is 2.39. The molecule has 1 aliphatic rings. The number of rotatable bonds is 4. The van der Waals surface area contributed by atoms with Gasteiger partial charge in [-0.15, -0.1) is 0 Å². The van der Waals surface area contributed by atoms with Gasteiger partial charge in [-0.2, -0.15) is 21.6 Å². The van der Waals surface area contributed by atoms with Gasteiger partial charge in [0.2, 0.25) is 0 Å². The molecule has 0 saturated carbocycles. The van der Waals surface area contributed by atoms with Gasteiger partial charge in [0.25, 0.3) is 5.91 Å². The van der Waals surface area contributed by atoms with E-state index < -0.39 is 27.3 Å². The van der Waals surface area contributed by atoms with Crippen LogP contribution in [-0.4, -0.2) is 45.6 Å². The molecular formula is C15H13F3N2O6S. The number of benzene rings is 1. The first-order chi connectivity index (χ1) is 12.6. The summed E-state index contributed by atoms with van der Waals surface area (Å²) in [5.41, 5.74) is -5.59. The van der Waals surface area contributed by atoms with Gasteiger partial charge in [-0.05, 0) is 12.1 Å². The SMILES string of the molecule is COc1cc2[nH]c3c(c2cc1OC)C(OS(=O)(=O)C(F)(F)F)=CCNC3=O. The second-order valence-electron chi connectivity index (χ2n) is 5.39. The number of hydrogen-bond acceptors (Lipinski definition) is 6. The Bertz CT molecular complexity index is 1060. The summed E-state index contributed by atoms with van der Waals surface area (Å²) in [5.74, 6) is -0.733. The molecule has 0 unspecified atom stereocenters. The van der Waals surface area contributed by atoms with Crippen LogP contribution in [0.4, 0.5) is 13.2 Å². The second-order valence-corrected chi connectivity index (χ2v) is 6.93. The van der Waals surface area contributed by atoms with Crippen LogP contribution in [0.15, 0.2) is 18.2 Å². The molecule has 1 amide bonds. The van der Waals surface area contributed by atoms with Gasteiger partial charge in [0, 0.05) is 18.0 Å².